The summed E-state index contributed by atoms with van der Waals surface area (Å²) in [5, 5.41) is 0. The maximum Gasteiger partial charge on any atom is 0.0972 e. The number of nitrogens with zero attached hydrogens (tertiary/aromatic N) is 1. The van der Waals surface area contributed by atoms with Crippen LogP contribution in [-0.2, 0) is 24.3 Å². The van der Waals surface area contributed by atoms with Crippen LogP contribution < -0.4 is 0 Å². The summed E-state index contributed by atoms with van der Waals surface area (Å²) in [6.45, 7) is 3.77. The van der Waals surface area contributed by atoms with Crippen molar-refractivity contribution in [1.82, 2.24) is 4.90 Å². The second kappa shape index (κ2) is 8.03. The lowest BCUT2D eigenvalue weighted by Gasteiger charge is -2.30. The van der Waals surface area contributed by atoms with Crippen molar-refractivity contribution >= 4 is 10.1 Å². The molecule has 8 heteroatoms. The van der Waals surface area contributed by atoms with Crippen LogP contribution in [0.25, 0.3) is 0 Å². The first-order valence-electron chi connectivity index (χ1n) is 5.85. The first kappa shape index (κ1) is 15.8. The molecular weight excluding hydrogens is 262 g/mol. The molecule has 0 aliphatic carbocycles. The Kier molecular flexibility index (Phi) is 7.05. The van der Waals surface area contributed by atoms with E-state index < -0.39 is 22.0 Å². The predicted octanol–water partition coefficient (Wildman–Crippen LogP) is -1.10. The van der Waals surface area contributed by atoms with Crippen molar-refractivity contribution in [2.24, 2.45) is 0 Å². The molecule has 1 aliphatic rings. The summed E-state index contributed by atoms with van der Waals surface area (Å²) in [7, 11) is -2.75. The van der Waals surface area contributed by atoms with E-state index in [0.717, 1.165) is 13.1 Å². The second-order valence-electron chi connectivity index (χ2n) is 4.12. The van der Waals surface area contributed by atoms with Crippen LogP contribution in [0, 0.1) is 0 Å². The Labute approximate surface area is 108 Å². The summed E-state index contributed by atoms with van der Waals surface area (Å²) in [5.74, 6) is -0.506. The summed E-state index contributed by atoms with van der Waals surface area (Å²) in [4.78, 5) is 2.03. The number of ether oxygens (including phenoxy) is 3. The third-order valence-electron chi connectivity index (χ3n) is 2.60. The van der Waals surface area contributed by atoms with Crippen LogP contribution in [0.1, 0.15) is 0 Å². The average Bonchev–Trinajstić information content (AvgIpc) is 2.28. The molecule has 0 aromatic carbocycles. The molecule has 7 nitrogen and oxygen atoms in total. The highest BCUT2D eigenvalue weighted by Crippen LogP contribution is 2.04. The Morgan fingerprint density at radius 3 is 2.56 bits per heavy atom. The fourth-order valence-electron chi connectivity index (χ4n) is 1.75. The average molecular weight is 282 g/mol. The highest BCUT2D eigenvalue weighted by molar-refractivity contribution is 7.85. The minimum absolute atomic E-state index is 0.279. The Balaban J connectivity index is 2.41. The van der Waals surface area contributed by atoms with Gasteiger partial charge in [-0.05, 0) is 0 Å². The standard InChI is InChI=1S/C10H21NO6S/c1-15-6-7-17-10(9-18(12,13)14)8-11-2-4-16-5-3-11/h10H,2-9H2,1H3,(H,12,13,14)/p-1. The van der Waals surface area contributed by atoms with Crippen LogP contribution in [0.15, 0.2) is 0 Å². The number of hydrogen-bond donors (Lipinski definition) is 0. The fraction of sp³-hybridized carbons (Fsp3) is 1.00. The van der Waals surface area contributed by atoms with Gasteiger partial charge in [0.1, 0.15) is 0 Å². The molecule has 0 N–H and O–H groups in total. The quantitative estimate of drug-likeness (QED) is 0.412. The van der Waals surface area contributed by atoms with Crippen LogP contribution in [0.4, 0.5) is 0 Å². The van der Waals surface area contributed by atoms with Gasteiger partial charge in [0.05, 0.1) is 48.4 Å². The summed E-state index contributed by atoms with van der Waals surface area (Å²) >= 11 is 0. The molecule has 0 spiro atoms. The summed E-state index contributed by atoms with van der Waals surface area (Å²) in [6.07, 6.45) is -0.610. The number of hydrogen-bond acceptors (Lipinski definition) is 7. The molecule has 1 aliphatic heterocycles. The van der Waals surface area contributed by atoms with Crippen molar-refractivity contribution in [2.75, 3.05) is 58.9 Å². The molecule has 0 aromatic rings. The lowest BCUT2D eigenvalue weighted by Crippen LogP contribution is -2.44. The third kappa shape index (κ3) is 7.24. The van der Waals surface area contributed by atoms with Crippen molar-refractivity contribution in [3.05, 3.63) is 0 Å². The Bertz CT molecular complexity index is 314. The summed E-state index contributed by atoms with van der Waals surface area (Å²) < 4.78 is 47.8. The maximum absolute atomic E-state index is 10.8. The fourth-order valence-corrected chi connectivity index (χ4v) is 2.41. The minimum Gasteiger partial charge on any atom is -0.748 e. The number of rotatable bonds is 8. The molecule has 0 saturated carbocycles. The molecule has 1 fully saturated rings. The van der Waals surface area contributed by atoms with Gasteiger partial charge in [0.15, 0.2) is 0 Å². The summed E-state index contributed by atoms with van der Waals surface area (Å²) in [6, 6.07) is 0. The molecule has 1 heterocycles. The van der Waals surface area contributed by atoms with E-state index in [-0.39, 0.29) is 6.61 Å². The van der Waals surface area contributed by atoms with Crippen LogP contribution in [-0.4, -0.2) is 82.9 Å². The summed E-state index contributed by atoms with van der Waals surface area (Å²) in [5.41, 5.74) is 0. The molecule has 0 radical (unpaired) electrons. The number of methoxy groups -OCH3 is 1. The molecule has 1 saturated heterocycles. The van der Waals surface area contributed by atoms with Crippen LogP contribution in [0.2, 0.25) is 0 Å². The van der Waals surface area contributed by atoms with Crippen molar-refractivity contribution in [1.29, 1.82) is 0 Å². The van der Waals surface area contributed by atoms with Crippen molar-refractivity contribution in [3.63, 3.8) is 0 Å². The molecule has 1 unspecified atom stereocenters. The van der Waals surface area contributed by atoms with Gasteiger partial charge in [0.25, 0.3) is 0 Å². The van der Waals surface area contributed by atoms with Crippen LogP contribution >= 0.6 is 0 Å². The molecular formula is C10H20NO6S-. The van der Waals surface area contributed by atoms with Gasteiger partial charge in [-0.3, -0.25) is 4.90 Å². The first-order chi connectivity index (χ1) is 8.51. The van der Waals surface area contributed by atoms with Crippen molar-refractivity contribution in [2.45, 2.75) is 6.10 Å². The topological polar surface area (TPSA) is 88.1 Å². The van der Waals surface area contributed by atoms with E-state index in [9.17, 15) is 13.0 Å². The Morgan fingerprint density at radius 1 is 1.33 bits per heavy atom. The largest absolute Gasteiger partial charge is 0.748 e. The van der Waals surface area contributed by atoms with Gasteiger partial charge in [-0.2, -0.15) is 0 Å². The zero-order chi connectivity index (χ0) is 13.4. The van der Waals surface area contributed by atoms with Crippen molar-refractivity contribution < 1.29 is 27.2 Å². The molecule has 108 valence electrons. The van der Waals surface area contributed by atoms with E-state index in [1.54, 1.807) is 0 Å². The molecule has 1 rings (SSSR count). The van der Waals surface area contributed by atoms with Crippen LogP contribution in [0.5, 0.6) is 0 Å². The normalized spacial score (nSPS) is 19.9. The SMILES string of the molecule is COCCOC(CN1CCOCC1)CS(=O)(=O)[O-]. The van der Waals surface area contributed by atoms with Gasteiger partial charge in [0.2, 0.25) is 0 Å². The molecule has 18 heavy (non-hydrogen) atoms. The Hall–Kier alpha value is -0.250. The van der Waals surface area contributed by atoms with E-state index in [1.165, 1.54) is 7.11 Å². The number of morpholine rings is 1. The van der Waals surface area contributed by atoms with Crippen molar-refractivity contribution in [3.8, 4) is 0 Å². The van der Waals surface area contributed by atoms with E-state index in [0.29, 0.717) is 26.4 Å². The predicted molar refractivity (Wildman–Crippen MR) is 63.4 cm³/mol. The molecule has 1 atom stereocenters. The van der Waals surface area contributed by atoms with Crippen LogP contribution in [0.3, 0.4) is 0 Å². The molecule has 0 aromatic heterocycles. The highest BCUT2D eigenvalue weighted by Gasteiger charge is 2.19. The van der Waals surface area contributed by atoms with E-state index >= 15 is 0 Å². The monoisotopic (exact) mass is 282 g/mol. The van der Waals surface area contributed by atoms with E-state index in [1.807, 2.05) is 4.90 Å². The highest BCUT2D eigenvalue weighted by atomic mass is 32.2. The minimum atomic E-state index is -4.28. The lowest BCUT2D eigenvalue weighted by molar-refractivity contribution is -0.0170. The first-order valence-corrected chi connectivity index (χ1v) is 7.43. The zero-order valence-corrected chi connectivity index (χ0v) is 11.4. The van der Waals surface area contributed by atoms with Gasteiger partial charge in [-0.25, -0.2) is 8.42 Å². The maximum atomic E-state index is 10.8. The van der Waals surface area contributed by atoms with E-state index in [4.69, 9.17) is 14.2 Å². The molecule has 0 bridgehead atoms. The van der Waals surface area contributed by atoms with Gasteiger partial charge in [0, 0.05) is 26.7 Å². The van der Waals surface area contributed by atoms with E-state index in [2.05, 4.69) is 0 Å². The third-order valence-corrected chi connectivity index (χ3v) is 3.38. The lowest BCUT2D eigenvalue weighted by atomic mass is 10.3. The van der Waals surface area contributed by atoms with Gasteiger partial charge in [-0.1, -0.05) is 0 Å². The smallest absolute Gasteiger partial charge is 0.0972 e. The second-order valence-corrected chi connectivity index (χ2v) is 5.57. The zero-order valence-electron chi connectivity index (χ0n) is 10.5. The molecule has 0 amide bonds. The Morgan fingerprint density at radius 2 is 2.00 bits per heavy atom. The van der Waals surface area contributed by atoms with Gasteiger partial charge < -0.3 is 18.8 Å². The van der Waals surface area contributed by atoms with Gasteiger partial charge >= 0.3 is 0 Å². The van der Waals surface area contributed by atoms with Gasteiger partial charge in [-0.15, -0.1) is 0 Å².